The number of hydrogen-bond acceptors (Lipinski definition) is 4. The molecule has 106 valence electrons. The summed E-state index contributed by atoms with van der Waals surface area (Å²) in [5.41, 5.74) is 2.49. The Morgan fingerprint density at radius 2 is 1.95 bits per heavy atom. The van der Waals surface area contributed by atoms with Crippen LogP contribution in [0, 0.1) is 6.92 Å². The lowest BCUT2D eigenvalue weighted by Crippen LogP contribution is -2.17. The third-order valence-electron chi connectivity index (χ3n) is 3.33. The molecule has 0 radical (unpaired) electrons. The van der Waals surface area contributed by atoms with Crippen molar-refractivity contribution in [2.45, 2.75) is 26.9 Å². The van der Waals surface area contributed by atoms with E-state index in [1.807, 2.05) is 20.0 Å². The van der Waals surface area contributed by atoms with E-state index in [0.717, 1.165) is 23.4 Å². The van der Waals surface area contributed by atoms with E-state index in [9.17, 15) is 9.90 Å². The maximum atomic E-state index is 11.4. The molecule has 0 atom stereocenters. The maximum Gasteiger partial charge on any atom is 0.159 e. The Morgan fingerprint density at radius 1 is 1.25 bits per heavy atom. The van der Waals surface area contributed by atoms with E-state index in [-0.39, 0.29) is 11.5 Å². The number of hydrogen-bond donors (Lipinski definition) is 1. The summed E-state index contributed by atoms with van der Waals surface area (Å²) in [6, 6.07) is 6.90. The smallest absolute Gasteiger partial charge is 0.159 e. The van der Waals surface area contributed by atoms with Gasteiger partial charge in [-0.15, -0.1) is 0 Å². The molecule has 4 nitrogen and oxygen atoms in total. The third kappa shape index (κ3) is 3.27. The van der Waals surface area contributed by atoms with Crippen LogP contribution in [0.4, 0.5) is 0 Å². The lowest BCUT2D eigenvalue weighted by molar-refractivity contribution is 0.101. The average molecular weight is 273 g/mol. The lowest BCUT2D eigenvalue weighted by atomic mass is 10.1. The van der Waals surface area contributed by atoms with Gasteiger partial charge in [0.2, 0.25) is 0 Å². The number of Topliss-reactive ketones (excluding diaryl/α,β-unsaturated/α-hetero) is 1. The van der Waals surface area contributed by atoms with Gasteiger partial charge in [-0.25, -0.2) is 0 Å². The number of rotatable bonds is 5. The normalized spacial score (nSPS) is 11.0. The molecular weight excluding hydrogens is 254 g/mol. The highest BCUT2D eigenvalue weighted by Gasteiger charge is 2.10. The zero-order chi connectivity index (χ0) is 14.7. The van der Waals surface area contributed by atoms with Crippen molar-refractivity contribution in [2.24, 2.45) is 0 Å². The minimum Gasteiger partial charge on any atom is -0.508 e. The Kier molecular flexibility index (Phi) is 4.25. The first-order chi connectivity index (χ1) is 9.47. The lowest BCUT2D eigenvalue weighted by Gasteiger charge is -2.17. The molecule has 1 N–H and O–H groups in total. The summed E-state index contributed by atoms with van der Waals surface area (Å²) in [7, 11) is 1.96. The molecule has 4 heteroatoms. The molecule has 0 bridgehead atoms. The highest BCUT2D eigenvalue weighted by Crippen LogP contribution is 2.21. The predicted molar refractivity (Wildman–Crippen MR) is 76.7 cm³/mol. The second kappa shape index (κ2) is 5.92. The molecule has 0 spiro atoms. The molecule has 1 aromatic carbocycles. The Hall–Kier alpha value is -2.07. The third-order valence-corrected chi connectivity index (χ3v) is 3.33. The van der Waals surface area contributed by atoms with Crippen molar-refractivity contribution < 1.29 is 14.3 Å². The zero-order valence-electron chi connectivity index (χ0n) is 12.0. The molecule has 0 saturated carbocycles. The number of carbonyl (C=O) groups is 1. The van der Waals surface area contributed by atoms with Crippen molar-refractivity contribution in [3.63, 3.8) is 0 Å². The van der Waals surface area contributed by atoms with Crippen molar-refractivity contribution in [3.05, 3.63) is 53.0 Å². The largest absolute Gasteiger partial charge is 0.508 e. The molecule has 2 rings (SSSR count). The van der Waals surface area contributed by atoms with Gasteiger partial charge in [-0.1, -0.05) is 0 Å². The quantitative estimate of drug-likeness (QED) is 0.850. The Balaban J connectivity index is 2.11. The van der Waals surface area contributed by atoms with Gasteiger partial charge in [0, 0.05) is 29.8 Å². The van der Waals surface area contributed by atoms with Crippen molar-refractivity contribution in [1.29, 1.82) is 0 Å². The van der Waals surface area contributed by atoms with Gasteiger partial charge in [-0.05, 0) is 45.2 Å². The topological polar surface area (TPSA) is 53.7 Å². The first kappa shape index (κ1) is 14.3. The zero-order valence-corrected chi connectivity index (χ0v) is 12.0. The van der Waals surface area contributed by atoms with E-state index >= 15 is 0 Å². The summed E-state index contributed by atoms with van der Waals surface area (Å²) in [5, 5.41) is 9.89. The number of aryl methyl sites for hydroxylation is 1. The Morgan fingerprint density at radius 3 is 2.55 bits per heavy atom. The van der Waals surface area contributed by atoms with Crippen molar-refractivity contribution in [2.75, 3.05) is 7.05 Å². The molecule has 0 amide bonds. The van der Waals surface area contributed by atoms with Crippen LogP contribution in [0.15, 0.2) is 34.9 Å². The molecule has 1 aromatic heterocycles. The van der Waals surface area contributed by atoms with Gasteiger partial charge < -0.3 is 9.52 Å². The Bertz CT molecular complexity index is 616. The van der Waals surface area contributed by atoms with Gasteiger partial charge in [-0.3, -0.25) is 9.69 Å². The van der Waals surface area contributed by atoms with Crippen molar-refractivity contribution in [3.8, 4) is 5.75 Å². The number of ketones is 1. The van der Waals surface area contributed by atoms with Crippen LogP contribution in [0.3, 0.4) is 0 Å². The number of benzene rings is 1. The van der Waals surface area contributed by atoms with Crippen LogP contribution in [-0.4, -0.2) is 22.8 Å². The summed E-state index contributed by atoms with van der Waals surface area (Å²) in [4.78, 5) is 13.5. The highest BCUT2D eigenvalue weighted by molar-refractivity contribution is 5.94. The van der Waals surface area contributed by atoms with E-state index in [0.29, 0.717) is 12.1 Å². The fourth-order valence-electron chi connectivity index (χ4n) is 2.14. The first-order valence-electron chi connectivity index (χ1n) is 6.51. The van der Waals surface area contributed by atoms with Crippen LogP contribution in [0.1, 0.15) is 34.2 Å². The van der Waals surface area contributed by atoms with E-state index in [1.165, 1.54) is 6.92 Å². The summed E-state index contributed by atoms with van der Waals surface area (Å²) < 4.78 is 5.27. The summed E-state index contributed by atoms with van der Waals surface area (Å²) in [5.74, 6) is 1.11. The average Bonchev–Trinajstić information content (AvgIpc) is 2.77. The van der Waals surface area contributed by atoms with Gasteiger partial charge >= 0.3 is 0 Å². The number of phenolic OH excluding ortho intramolecular Hbond substituents is 1. The SMILES string of the molecule is CC(=O)c1ccc(O)c(CN(C)Cc2ccoc2C)c1. The first-order valence-corrected chi connectivity index (χ1v) is 6.51. The van der Waals surface area contributed by atoms with Gasteiger partial charge in [0.25, 0.3) is 0 Å². The highest BCUT2D eigenvalue weighted by atomic mass is 16.3. The predicted octanol–water partition coefficient (Wildman–Crippen LogP) is 3.13. The number of phenols is 1. The number of furan rings is 1. The van der Waals surface area contributed by atoms with Crippen LogP contribution in [-0.2, 0) is 13.1 Å². The van der Waals surface area contributed by atoms with E-state index in [4.69, 9.17) is 4.42 Å². The number of carbonyl (C=O) groups excluding carboxylic acids is 1. The van der Waals surface area contributed by atoms with Gasteiger partial charge in [0.05, 0.1) is 6.26 Å². The van der Waals surface area contributed by atoms with E-state index in [2.05, 4.69) is 4.90 Å². The maximum absolute atomic E-state index is 11.4. The fraction of sp³-hybridized carbons (Fsp3) is 0.312. The standard InChI is InChI=1S/C16H19NO3/c1-11(18)13-4-5-16(19)15(8-13)10-17(3)9-14-6-7-20-12(14)2/h4-8,19H,9-10H2,1-3H3. The minimum atomic E-state index is -0.000387. The monoisotopic (exact) mass is 273 g/mol. The second-order valence-electron chi connectivity index (χ2n) is 5.07. The van der Waals surface area contributed by atoms with Gasteiger partial charge in [0.15, 0.2) is 5.78 Å². The Labute approximate surface area is 118 Å². The van der Waals surface area contributed by atoms with Gasteiger partial charge in [0.1, 0.15) is 11.5 Å². The second-order valence-corrected chi connectivity index (χ2v) is 5.07. The molecule has 1 heterocycles. The molecular formula is C16H19NO3. The fourth-order valence-corrected chi connectivity index (χ4v) is 2.14. The van der Waals surface area contributed by atoms with Crippen LogP contribution >= 0.6 is 0 Å². The molecule has 0 aliphatic carbocycles. The molecule has 0 fully saturated rings. The number of aromatic hydroxyl groups is 1. The summed E-state index contributed by atoms with van der Waals surface area (Å²) in [6.07, 6.45) is 1.67. The molecule has 2 aromatic rings. The summed E-state index contributed by atoms with van der Waals surface area (Å²) >= 11 is 0. The molecule has 0 aliphatic rings. The molecule has 0 aliphatic heterocycles. The molecule has 20 heavy (non-hydrogen) atoms. The molecule has 0 unspecified atom stereocenters. The van der Waals surface area contributed by atoms with Crippen LogP contribution in [0.5, 0.6) is 5.75 Å². The number of nitrogens with zero attached hydrogens (tertiary/aromatic N) is 1. The van der Waals surface area contributed by atoms with Crippen molar-refractivity contribution in [1.82, 2.24) is 4.90 Å². The minimum absolute atomic E-state index is 0.000387. The van der Waals surface area contributed by atoms with Crippen molar-refractivity contribution >= 4 is 5.78 Å². The van der Waals surface area contributed by atoms with E-state index < -0.39 is 0 Å². The summed E-state index contributed by atoms with van der Waals surface area (Å²) in [6.45, 7) is 4.75. The van der Waals surface area contributed by atoms with Crippen LogP contribution in [0.2, 0.25) is 0 Å². The molecule has 0 saturated heterocycles. The van der Waals surface area contributed by atoms with E-state index in [1.54, 1.807) is 24.5 Å². The van der Waals surface area contributed by atoms with Crippen LogP contribution < -0.4 is 0 Å². The van der Waals surface area contributed by atoms with Gasteiger partial charge in [-0.2, -0.15) is 0 Å². The van der Waals surface area contributed by atoms with Crippen LogP contribution in [0.25, 0.3) is 0 Å².